The van der Waals surface area contributed by atoms with Crippen LogP contribution >= 0.6 is 23.2 Å². The third kappa shape index (κ3) is 2.83. The number of anilines is 1. The summed E-state index contributed by atoms with van der Waals surface area (Å²) >= 11 is 12.1. The number of carboxylic acid groups (broad SMARTS) is 1. The predicted octanol–water partition coefficient (Wildman–Crippen LogP) is 5.54. The summed E-state index contributed by atoms with van der Waals surface area (Å²) in [5.74, 6) is -3.60. The quantitative estimate of drug-likeness (QED) is 0.564. The first-order valence-electron chi connectivity index (χ1n) is 9.63. The molecule has 0 spiro atoms. The molecular formula is C24H17Cl2NO3. The van der Waals surface area contributed by atoms with Gasteiger partial charge in [0.25, 0.3) is 0 Å². The van der Waals surface area contributed by atoms with Crippen LogP contribution in [0.3, 0.4) is 0 Å². The second-order valence-electron chi connectivity index (χ2n) is 7.72. The van der Waals surface area contributed by atoms with Gasteiger partial charge in [0.05, 0.1) is 21.9 Å². The lowest BCUT2D eigenvalue weighted by Gasteiger charge is -2.48. The summed E-state index contributed by atoms with van der Waals surface area (Å²) in [5, 5.41) is 13.7. The van der Waals surface area contributed by atoms with Crippen LogP contribution in [0.25, 0.3) is 0 Å². The van der Waals surface area contributed by atoms with E-state index in [-0.39, 0.29) is 17.7 Å². The van der Waals surface area contributed by atoms with Crippen LogP contribution in [0.5, 0.6) is 0 Å². The first-order valence-corrected chi connectivity index (χ1v) is 10.4. The van der Waals surface area contributed by atoms with E-state index in [1.807, 2.05) is 48.5 Å². The Labute approximate surface area is 183 Å². The van der Waals surface area contributed by atoms with Gasteiger partial charge in [-0.05, 0) is 40.5 Å². The molecule has 0 aromatic heterocycles. The summed E-state index contributed by atoms with van der Waals surface area (Å²) in [6, 6.07) is 20.5. The molecule has 4 nitrogen and oxygen atoms in total. The van der Waals surface area contributed by atoms with E-state index in [2.05, 4.69) is 5.32 Å². The number of carbonyl (C=O) groups excluding carboxylic acids is 1. The third-order valence-corrected chi connectivity index (χ3v) is 6.95. The highest BCUT2D eigenvalue weighted by Crippen LogP contribution is 2.58. The van der Waals surface area contributed by atoms with Gasteiger partial charge >= 0.3 is 5.97 Å². The lowest BCUT2D eigenvalue weighted by atomic mass is 9.54. The van der Waals surface area contributed by atoms with Gasteiger partial charge in [-0.1, -0.05) is 71.7 Å². The summed E-state index contributed by atoms with van der Waals surface area (Å²) in [6.45, 7) is 0. The predicted molar refractivity (Wildman–Crippen MR) is 116 cm³/mol. The molecule has 0 unspecified atom stereocenters. The minimum Gasteiger partial charge on any atom is -0.481 e. The molecule has 3 aliphatic carbocycles. The molecule has 3 aliphatic rings. The van der Waals surface area contributed by atoms with Gasteiger partial charge in [0.1, 0.15) is 0 Å². The van der Waals surface area contributed by atoms with Gasteiger partial charge in [-0.25, -0.2) is 0 Å². The maximum Gasteiger partial charge on any atom is 0.308 e. The van der Waals surface area contributed by atoms with Gasteiger partial charge in [0.15, 0.2) is 0 Å². The fourth-order valence-corrected chi connectivity index (χ4v) is 5.39. The van der Waals surface area contributed by atoms with Gasteiger partial charge in [-0.15, -0.1) is 0 Å². The van der Waals surface area contributed by atoms with E-state index >= 15 is 0 Å². The molecule has 2 atom stereocenters. The number of carboxylic acids is 1. The molecule has 0 aliphatic heterocycles. The number of rotatable bonds is 3. The number of halogens is 2. The molecular weight excluding hydrogens is 421 g/mol. The third-order valence-electron chi connectivity index (χ3n) is 6.21. The van der Waals surface area contributed by atoms with E-state index < -0.39 is 17.8 Å². The average Bonchev–Trinajstić information content (AvgIpc) is 2.75. The van der Waals surface area contributed by atoms with E-state index in [9.17, 15) is 14.7 Å². The van der Waals surface area contributed by atoms with Crippen molar-refractivity contribution in [2.24, 2.45) is 11.8 Å². The van der Waals surface area contributed by atoms with E-state index in [1.54, 1.807) is 18.2 Å². The van der Waals surface area contributed by atoms with E-state index in [0.29, 0.717) is 15.7 Å². The summed E-state index contributed by atoms with van der Waals surface area (Å²) in [5.41, 5.74) is 4.52. The highest BCUT2D eigenvalue weighted by Gasteiger charge is 2.55. The zero-order chi connectivity index (χ0) is 21.0. The summed E-state index contributed by atoms with van der Waals surface area (Å²) in [4.78, 5) is 25.8. The van der Waals surface area contributed by atoms with Crippen molar-refractivity contribution in [3.8, 4) is 0 Å². The van der Waals surface area contributed by atoms with E-state index in [4.69, 9.17) is 23.2 Å². The van der Waals surface area contributed by atoms with Crippen LogP contribution in [-0.4, -0.2) is 17.0 Å². The number of aliphatic carboxylic acids is 1. The highest BCUT2D eigenvalue weighted by atomic mass is 35.5. The SMILES string of the molecule is O=C(O)[C@@H]1C2c3ccccc3C(c3ccccc32)[C@H]1C(=O)Nc1ccc(Cl)c(Cl)c1. The first kappa shape index (κ1) is 19.2. The topological polar surface area (TPSA) is 66.4 Å². The van der Waals surface area contributed by atoms with Crippen molar-refractivity contribution in [2.75, 3.05) is 5.32 Å². The van der Waals surface area contributed by atoms with Crippen LogP contribution < -0.4 is 5.32 Å². The maximum absolute atomic E-state index is 13.4. The van der Waals surface area contributed by atoms with Crippen molar-refractivity contribution in [3.05, 3.63) is 99.0 Å². The second-order valence-corrected chi connectivity index (χ2v) is 8.54. The van der Waals surface area contributed by atoms with E-state index in [0.717, 1.165) is 22.3 Å². The Morgan fingerprint density at radius 2 is 1.23 bits per heavy atom. The molecule has 2 N–H and O–H groups in total. The Kier molecular flexibility index (Phi) is 4.57. The Hall–Kier alpha value is -2.82. The highest BCUT2D eigenvalue weighted by molar-refractivity contribution is 6.42. The van der Waals surface area contributed by atoms with Gasteiger partial charge in [0.2, 0.25) is 5.91 Å². The van der Waals surface area contributed by atoms with Gasteiger partial charge in [-0.3, -0.25) is 9.59 Å². The Bertz CT molecular complexity index is 1150. The maximum atomic E-state index is 13.4. The molecule has 0 saturated heterocycles. The standard InChI is InChI=1S/C24H17Cl2NO3/c25-17-10-9-12(11-18(17)26)27-23(28)21-19-13-5-1-3-7-15(13)20(22(21)24(29)30)16-8-4-2-6-14(16)19/h1-11,19-22H,(H,27,28)(H,29,30)/t19?,20?,21-,22-/m1/s1. The molecule has 6 heteroatoms. The lowest BCUT2D eigenvalue weighted by molar-refractivity contribution is -0.148. The molecule has 3 aromatic carbocycles. The number of hydrogen-bond acceptors (Lipinski definition) is 2. The van der Waals surface area contributed by atoms with Gasteiger partial charge in [-0.2, -0.15) is 0 Å². The molecule has 1 amide bonds. The van der Waals surface area contributed by atoms with Crippen LogP contribution in [0.4, 0.5) is 5.69 Å². The molecule has 0 fully saturated rings. The normalized spacial score (nSPS) is 23.4. The Morgan fingerprint density at radius 3 is 1.70 bits per heavy atom. The lowest BCUT2D eigenvalue weighted by Crippen LogP contribution is -2.48. The number of hydrogen-bond donors (Lipinski definition) is 2. The number of amides is 1. The van der Waals surface area contributed by atoms with Crippen LogP contribution in [0.1, 0.15) is 34.1 Å². The van der Waals surface area contributed by atoms with Crippen molar-refractivity contribution in [2.45, 2.75) is 11.8 Å². The zero-order valence-corrected chi connectivity index (χ0v) is 17.2. The summed E-state index contributed by atoms with van der Waals surface area (Å²) in [7, 11) is 0. The van der Waals surface area contributed by atoms with Crippen LogP contribution in [0.2, 0.25) is 10.0 Å². The number of nitrogens with one attached hydrogen (secondary N) is 1. The smallest absolute Gasteiger partial charge is 0.308 e. The number of fused-ring (bicyclic) bond motifs is 1. The molecule has 0 saturated carbocycles. The van der Waals surface area contributed by atoms with Crippen LogP contribution in [0.15, 0.2) is 66.7 Å². The van der Waals surface area contributed by atoms with Crippen molar-refractivity contribution >= 4 is 40.8 Å². The van der Waals surface area contributed by atoms with Crippen LogP contribution in [0, 0.1) is 11.8 Å². The largest absolute Gasteiger partial charge is 0.481 e. The second kappa shape index (κ2) is 7.15. The number of carbonyl (C=O) groups is 2. The molecule has 2 bridgehead atoms. The fraction of sp³-hybridized carbons (Fsp3) is 0.167. The van der Waals surface area contributed by atoms with Crippen molar-refractivity contribution in [3.63, 3.8) is 0 Å². The average molecular weight is 438 g/mol. The molecule has 3 aromatic rings. The molecule has 0 heterocycles. The first-order chi connectivity index (χ1) is 14.5. The molecule has 0 radical (unpaired) electrons. The molecule has 150 valence electrons. The zero-order valence-electron chi connectivity index (χ0n) is 15.7. The Morgan fingerprint density at radius 1 is 0.733 bits per heavy atom. The van der Waals surface area contributed by atoms with Crippen molar-refractivity contribution in [1.82, 2.24) is 0 Å². The van der Waals surface area contributed by atoms with Crippen molar-refractivity contribution < 1.29 is 14.7 Å². The molecule has 30 heavy (non-hydrogen) atoms. The van der Waals surface area contributed by atoms with E-state index in [1.165, 1.54) is 0 Å². The van der Waals surface area contributed by atoms with Crippen molar-refractivity contribution in [1.29, 1.82) is 0 Å². The minimum absolute atomic E-state index is 0.324. The van der Waals surface area contributed by atoms with Crippen LogP contribution in [-0.2, 0) is 9.59 Å². The minimum atomic E-state index is -0.969. The molecule has 6 rings (SSSR count). The van der Waals surface area contributed by atoms with Gasteiger partial charge in [0, 0.05) is 17.5 Å². The Balaban J connectivity index is 1.63. The number of benzene rings is 3. The monoisotopic (exact) mass is 437 g/mol. The summed E-state index contributed by atoms with van der Waals surface area (Å²) in [6.07, 6.45) is 0. The van der Waals surface area contributed by atoms with Gasteiger partial charge < -0.3 is 10.4 Å². The fourth-order valence-electron chi connectivity index (χ4n) is 5.09. The summed E-state index contributed by atoms with van der Waals surface area (Å²) < 4.78 is 0.